The van der Waals surface area contributed by atoms with Crippen molar-refractivity contribution in [1.29, 1.82) is 0 Å². The van der Waals surface area contributed by atoms with Crippen LogP contribution in [0.5, 0.6) is 5.75 Å². The molecule has 1 unspecified atom stereocenters. The fourth-order valence-electron chi connectivity index (χ4n) is 4.27. The molecule has 1 aliphatic heterocycles. The fraction of sp³-hybridized carbons (Fsp3) is 0.241. The zero-order valence-electron chi connectivity index (χ0n) is 21.2. The van der Waals surface area contributed by atoms with Crippen LogP contribution in [0.1, 0.15) is 43.5 Å². The average Bonchev–Trinajstić information content (AvgIpc) is 3.16. The van der Waals surface area contributed by atoms with Crippen LogP contribution in [0.4, 0.5) is 5.69 Å². The van der Waals surface area contributed by atoms with Crippen LogP contribution in [-0.2, 0) is 25.5 Å². The molecular weight excluding hydrogens is 508 g/mol. The van der Waals surface area contributed by atoms with Gasteiger partial charge in [0.2, 0.25) is 0 Å². The van der Waals surface area contributed by atoms with E-state index >= 15 is 0 Å². The van der Waals surface area contributed by atoms with Crippen molar-refractivity contribution in [3.8, 4) is 5.75 Å². The number of aliphatic hydroxyl groups excluding tert-OH is 1. The highest BCUT2D eigenvalue weighted by molar-refractivity contribution is 6.51. The molecule has 0 radical (unpaired) electrons. The summed E-state index contributed by atoms with van der Waals surface area (Å²) in [5, 5.41) is 11.7. The summed E-state index contributed by atoms with van der Waals surface area (Å²) in [7, 11) is 0. The van der Waals surface area contributed by atoms with Crippen LogP contribution in [0.2, 0.25) is 5.02 Å². The number of aliphatic hydroxyl groups is 1. The van der Waals surface area contributed by atoms with Crippen LogP contribution in [0, 0.1) is 0 Å². The minimum Gasteiger partial charge on any atom is -0.507 e. The number of pyridine rings is 1. The first-order valence-corrected chi connectivity index (χ1v) is 12.5. The number of ether oxygens (including phenoxy) is 2. The zero-order chi connectivity index (χ0) is 27.4. The maximum absolute atomic E-state index is 13.3. The van der Waals surface area contributed by atoms with E-state index in [1.165, 1.54) is 11.0 Å². The number of amides is 1. The van der Waals surface area contributed by atoms with Gasteiger partial charge in [0.05, 0.1) is 35.8 Å². The summed E-state index contributed by atoms with van der Waals surface area (Å²) in [4.78, 5) is 44.2. The number of nitrogens with zero attached hydrogens (tertiary/aromatic N) is 2. The number of carbonyl (C=O) groups excluding carboxylic acids is 3. The summed E-state index contributed by atoms with van der Waals surface area (Å²) in [5.74, 6) is -2.01. The topological polar surface area (TPSA) is 106 Å². The molecule has 3 aromatic rings. The van der Waals surface area contributed by atoms with Crippen LogP contribution in [0.15, 0.2) is 72.6 Å². The number of aromatic nitrogens is 1. The molecule has 196 valence electrons. The van der Waals surface area contributed by atoms with Crippen molar-refractivity contribution in [3.05, 3.63) is 94.3 Å². The van der Waals surface area contributed by atoms with Gasteiger partial charge in [-0.3, -0.25) is 24.3 Å². The van der Waals surface area contributed by atoms with Crippen LogP contribution in [-0.4, -0.2) is 40.5 Å². The minimum absolute atomic E-state index is 0.0715. The van der Waals surface area contributed by atoms with E-state index in [-0.39, 0.29) is 35.4 Å². The Kier molecular flexibility index (Phi) is 8.12. The lowest BCUT2D eigenvalue weighted by atomic mass is 9.96. The Labute approximate surface area is 225 Å². The lowest BCUT2D eigenvalue weighted by Crippen LogP contribution is -2.29. The van der Waals surface area contributed by atoms with Crippen LogP contribution >= 0.6 is 11.6 Å². The molecule has 0 saturated carbocycles. The lowest BCUT2D eigenvalue weighted by Gasteiger charge is -2.25. The Morgan fingerprint density at radius 2 is 1.87 bits per heavy atom. The van der Waals surface area contributed by atoms with Gasteiger partial charge >= 0.3 is 5.97 Å². The molecule has 1 saturated heterocycles. The van der Waals surface area contributed by atoms with Gasteiger partial charge in [0.1, 0.15) is 11.5 Å². The fourth-order valence-corrected chi connectivity index (χ4v) is 4.44. The molecule has 0 spiro atoms. The van der Waals surface area contributed by atoms with E-state index in [0.717, 1.165) is 0 Å². The Morgan fingerprint density at radius 3 is 2.50 bits per heavy atom. The molecule has 2 aromatic carbocycles. The summed E-state index contributed by atoms with van der Waals surface area (Å²) >= 11 is 6.20. The number of carbonyl (C=O) groups is 3. The number of halogens is 1. The standard InChI is InChI=1S/C29H27ClN2O6/c1-4-37-23-15-19(9-12-22(23)30)27(34)25-26(20-6-5-13-31-16-20)32(29(36)28(25)35)21-10-7-18(8-11-21)14-24(33)38-17(2)3/h5-13,15-17,26,34H,4,14H2,1-3H3/b27-25-. The first-order valence-electron chi connectivity index (χ1n) is 12.1. The second-order valence-corrected chi connectivity index (χ2v) is 9.32. The van der Waals surface area contributed by atoms with Crippen molar-refractivity contribution in [3.63, 3.8) is 0 Å². The summed E-state index contributed by atoms with van der Waals surface area (Å²) in [6, 6.07) is 13.8. The van der Waals surface area contributed by atoms with Crippen molar-refractivity contribution < 1.29 is 29.0 Å². The van der Waals surface area contributed by atoms with E-state index < -0.39 is 17.7 Å². The van der Waals surface area contributed by atoms with Gasteiger partial charge in [-0.05, 0) is 68.3 Å². The average molecular weight is 535 g/mol. The summed E-state index contributed by atoms with van der Waals surface area (Å²) in [6.45, 7) is 5.71. The van der Waals surface area contributed by atoms with Gasteiger partial charge in [-0.1, -0.05) is 29.8 Å². The number of esters is 1. The largest absolute Gasteiger partial charge is 0.507 e. The van der Waals surface area contributed by atoms with Crippen LogP contribution in [0.3, 0.4) is 0 Å². The Morgan fingerprint density at radius 1 is 1.13 bits per heavy atom. The van der Waals surface area contributed by atoms with E-state index in [1.807, 2.05) is 0 Å². The number of hydrogen-bond donors (Lipinski definition) is 1. The molecule has 38 heavy (non-hydrogen) atoms. The van der Waals surface area contributed by atoms with E-state index in [0.29, 0.717) is 34.2 Å². The summed E-state index contributed by atoms with van der Waals surface area (Å²) in [6.07, 6.45) is 2.97. The second-order valence-electron chi connectivity index (χ2n) is 8.92. The molecule has 0 bridgehead atoms. The third-order valence-corrected chi connectivity index (χ3v) is 6.19. The molecule has 1 aromatic heterocycles. The van der Waals surface area contributed by atoms with E-state index in [9.17, 15) is 19.5 Å². The van der Waals surface area contributed by atoms with Crippen molar-refractivity contribution in [2.24, 2.45) is 0 Å². The predicted octanol–water partition coefficient (Wildman–Crippen LogP) is 5.25. The van der Waals surface area contributed by atoms with Crippen molar-refractivity contribution in [1.82, 2.24) is 4.98 Å². The van der Waals surface area contributed by atoms with Crippen molar-refractivity contribution in [2.75, 3.05) is 11.5 Å². The number of Topliss-reactive ketones (excluding diaryl/α,β-unsaturated/α-hetero) is 1. The quantitative estimate of drug-likeness (QED) is 0.182. The molecule has 1 atom stereocenters. The third kappa shape index (κ3) is 5.55. The highest BCUT2D eigenvalue weighted by Gasteiger charge is 2.47. The SMILES string of the molecule is CCOc1cc(/C(O)=C2/C(=O)C(=O)N(c3ccc(CC(=O)OC(C)C)cc3)C2c2cccnc2)ccc1Cl. The molecular formula is C29H27ClN2O6. The molecule has 2 heterocycles. The van der Waals surface area contributed by atoms with E-state index in [2.05, 4.69) is 4.98 Å². The van der Waals surface area contributed by atoms with E-state index in [1.54, 1.807) is 81.7 Å². The van der Waals surface area contributed by atoms with Crippen LogP contribution in [0.25, 0.3) is 5.76 Å². The second kappa shape index (κ2) is 11.5. The van der Waals surface area contributed by atoms with Gasteiger partial charge in [-0.2, -0.15) is 0 Å². The van der Waals surface area contributed by atoms with Gasteiger partial charge in [-0.25, -0.2) is 0 Å². The molecule has 1 N–H and O–H groups in total. The molecule has 1 aliphatic rings. The third-order valence-electron chi connectivity index (χ3n) is 5.88. The highest BCUT2D eigenvalue weighted by Crippen LogP contribution is 2.42. The Hall–Kier alpha value is -4.17. The first-order chi connectivity index (χ1) is 18.2. The molecule has 1 fully saturated rings. The number of ketones is 1. The van der Waals surface area contributed by atoms with E-state index in [4.69, 9.17) is 21.1 Å². The number of rotatable bonds is 8. The van der Waals surface area contributed by atoms with Gasteiger partial charge in [0, 0.05) is 23.6 Å². The molecule has 4 rings (SSSR count). The lowest BCUT2D eigenvalue weighted by molar-refractivity contribution is -0.146. The van der Waals surface area contributed by atoms with Gasteiger partial charge < -0.3 is 14.6 Å². The van der Waals surface area contributed by atoms with Gasteiger partial charge in [-0.15, -0.1) is 0 Å². The normalized spacial score (nSPS) is 16.7. The maximum Gasteiger partial charge on any atom is 0.310 e. The minimum atomic E-state index is -0.938. The zero-order valence-corrected chi connectivity index (χ0v) is 21.9. The first kappa shape index (κ1) is 26.9. The monoisotopic (exact) mass is 534 g/mol. The van der Waals surface area contributed by atoms with Crippen LogP contribution < -0.4 is 9.64 Å². The molecule has 1 amide bonds. The van der Waals surface area contributed by atoms with Gasteiger partial charge in [0.25, 0.3) is 11.7 Å². The number of hydrogen-bond acceptors (Lipinski definition) is 7. The highest BCUT2D eigenvalue weighted by atomic mass is 35.5. The Balaban J connectivity index is 1.78. The molecule has 0 aliphatic carbocycles. The van der Waals surface area contributed by atoms with Gasteiger partial charge in [0.15, 0.2) is 0 Å². The molecule has 8 nitrogen and oxygen atoms in total. The summed E-state index contributed by atoms with van der Waals surface area (Å²) in [5.41, 5.74) is 1.85. The summed E-state index contributed by atoms with van der Waals surface area (Å²) < 4.78 is 10.7. The van der Waals surface area contributed by atoms with Crippen molar-refractivity contribution in [2.45, 2.75) is 39.3 Å². The Bertz CT molecular complexity index is 1390. The predicted molar refractivity (Wildman–Crippen MR) is 143 cm³/mol. The number of anilines is 1. The van der Waals surface area contributed by atoms with Crippen molar-refractivity contribution >= 4 is 40.7 Å². The number of benzene rings is 2. The maximum atomic E-state index is 13.3. The smallest absolute Gasteiger partial charge is 0.310 e. The molecule has 9 heteroatoms.